The van der Waals surface area contributed by atoms with E-state index in [9.17, 15) is 13.9 Å². The van der Waals surface area contributed by atoms with E-state index in [1.807, 2.05) is 0 Å². The highest BCUT2D eigenvalue weighted by atomic mass is 32.1. The zero-order valence-electron chi connectivity index (χ0n) is 11.1. The van der Waals surface area contributed by atoms with Gasteiger partial charge >= 0.3 is 0 Å². The molecule has 1 atom stereocenters. The first kappa shape index (κ1) is 14.0. The van der Waals surface area contributed by atoms with Crippen LogP contribution in [0.5, 0.6) is 5.75 Å². The number of thiophene rings is 1. The van der Waals surface area contributed by atoms with Gasteiger partial charge < -0.3 is 9.84 Å². The Hall–Kier alpha value is -1.98. The Kier molecular flexibility index (Phi) is 3.61. The first-order valence-electron chi connectivity index (χ1n) is 6.29. The zero-order chi connectivity index (χ0) is 15.0. The second-order valence-electron chi connectivity index (χ2n) is 4.63. The molecule has 2 nitrogen and oxygen atoms in total. The van der Waals surface area contributed by atoms with Crippen molar-refractivity contribution < 1.29 is 18.6 Å². The highest BCUT2D eigenvalue weighted by Gasteiger charge is 2.16. The minimum absolute atomic E-state index is 0.129. The molecule has 2 aromatic carbocycles. The minimum atomic E-state index is -0.953. The summed E-state index contributed by atoms with van der Waals surface area (Å²) >= 11 is 1.29. The number of aliphatic hydroxyl groups excluding tert-OH is 1. The maximum absolute atomic E-state index is 13.7. The maximum Gasteiger partial charge on any atom is 0.165 e. The van der Waals surface area contributed by atoms with E-state index in [4.69, 9.17) is 4.74 Å². The molecular formula is C16H12F2O2S. The SMILES string of the molecule is COc1ccc(C(O)c2cc3ccc(F)cc3s2)cc1F. The van der Waals surface area contributed by atoms with Crippen molar-refractivity contribution in [2.24, 2.45) is 0 Å². The number of hydrogen-bond donors (Lipinski definition) is 1. The molecule has 0 amide bonds. The van der Waals surface area contributed by atoms with Crippen LogP contribution in [-0.2, 0) is 0 Å². The molecule has 1 unspecified atom stereocenters. The molecule has 0 spiro atoms. The van der Waals surface area contributed by atoms with Crippen LogP contribution in [0.3, 0.4) is 0 Å². The van der Waals surface area contributed by atoms with Gasteiger partial charge in [0.15, 0.2) is 11.6 Å². The van der Waals surface area contributed by atoms with Gasteiger partial charge in [0.25, 0.3) is 0 Å². The fourth-order valence-electron chi connectivity index (χ4n) is 2.18. The number of aliphatic hydroxyl groups is 1. The highest BCUT2D eigenvalue weighted by Crippen LogP contribution is 2.34. The zero-order valence-corrected chi connectivity index (χ0v) is 12.0. The Bertz CT molecular complexity index is 798. The molecule has 0 aliphatic rings. The molecule has 0 fully saturated rings. The third-order valence-electron chi connectivity index (χ3n) is 3.26. The average Bonchev–Trinajstić information content (AvgIpc) is 2.89. The van der Waals surface area contributed by atoms with E-state index in [-0.39, 0.29) is 11.6 Å². The van der Waals surface area contributed by atoms with Crippen LogP contribution in [0.2, 0.25) is 0 Å². The van der Waals surface area contributed by atoms with Crippen LogP contribution in [0.4, 0.5) is 8.78 Å². The van der Waals surface area contributed by atoms with Crippen molar-refractivity contribution in [3.8, 4) is 5.75 Å². The van der Waals surface area contributed by atoms with Gasteiger partial charge in [-0.2, -0.15) is 0 Å². The summed E-state index contributed by atoms with van der Waals surface area (Å²) in [6, 6.07) is 10.6. The summed E-state index contributed by atoms with van der Waals surface area (Å²) < 4.78 is 32.5. The molecule has 0 radical (unpaired) electrons. The summed E-state index contributed by atoms with van der Waals surface area (Å²) in [6.07, 6.45) is -0.953. The van der Waals surface area contributed by atoms with Gasteiger partial charge in [0.05, 0.1) is 7.11 Å². The van der Waals surface area contributed by atoms with Crippen molar-refractivity contribution in [3.63, 3.8) is 0 Å². The van der Waals surface area contributed by atoms with Crippen LogP contribution in [0.1, 0.15) is 16.5 Å². The Balaban J connectivity index is 1.99. The summed E-state index contributed by atoms with van der Waals surface area (Å²) in [6.45, 7) is 0. The van der Waals surface area contributed by atoms with E-state index in [1.54, 1.807) is 18.2 Å². The van der Waals surface area contributed by atoms with Crippen LogP contribution in [0.15, 0.2) is 42.5 Å². The average molecular weight is 306 g/mol. The number of fused-ring (bicyclic) bond motifs is 1. The predicted octanol–water partition coefficient (Wildman–Crippen LogP) is 4.27. The Morgan fingerprint density at radius 3 is 2.62 bits per heavy atom. The molecule has 0 aliphatic heterocycles. The van der Waals surface area contributed by atoms with E-state index in [0.29, 0.717) is 10.4 Å². The van der Waals surface area contributed by atoms with Gasteiger partial charge in [-0.25, -0.2) is 8.78 Å². The van der Waals surface area contributed by atoms with E-state index in [0.717, 1.165) is 10.1 Å². The number of hydrogen-bond acceptors (Lipinski definition) is 3. The lowest BCUT2D eigenvalue weighted by Crippen LogP contribution is -1.98. The van der Waals surface area contributed by atoms with Crippen molar-refractivity contribution in [2.45, 2.75) is 6.10 Å². The van der Waals surface area contributed by atoms with E-state index < -0.39 is 11.9 Å². The van der Waals surface area contributed by atoms with Crippen LogP contribution in [-0.4, -0.2) is 12.2 Å². The van der Waals surface area contributed by atoms with Gasteiger partial charge in [-0.1, -0.05) is 12.1 Å². The second kappa shape index (κ2) is 5.42. The fraction of sp³-hybridized carbons (Fsp3) is 0.125. The molecule has 21 heavy (non-hydrogen) atoms. The normalized spacial score (nSPS) is 12.6. The van der Waals surface area contributed by atoms with Crippen molar-refractivity contribution in [1.82, 2.24) is 0 Å². The molecule has 0 bridgehead atoms. The molecule has 0 saturated carbocycles. The van der Waals surface area contributed by atoms with E-state index in [1.165, 1.54) is 42.7 Å². The topological polar surface area (TPSA) is 29.5 Å². The van der Waals surface area contributed by atoms with Gasteiger partial charge in [0.2, 0.25) is 0 Å². The summed E-state index contributed by atoms with van der Waals surface area (Å²) in [5, 5.41) is 11.2. The number of benzene rings is 2. The summed E-state index contributed by atoms with van der Waals surface area (Å²) in [4.78, 5) is 0.639. The Labute approximate surface area is 124 Å². The standard InChI is InChI=1S/C16H12F2O2S/c1-20-13-5-3-10(6-12(13)18)16(19)15-7-9-2-4-11(17)8-14(9)21-15/h2-8,16,19H,1H3. The lowest BCUT2D eigenvalue weighted by Gasteiger charge is -2.10. The first-order chi connectivity index (χ1) is 10.1. The Morgan fingerprint density at radius 2 is 1.90 bits per heavy atom. The maximum atomic E-state index is 13.7. The van der Waals surface area contributed by atoms with Crippen molar-refractivity contribution in [1.29, 1.82) is 0 Å². The molecule has 1 N–H and O–H groups in total. The number of methoxy groups -OCH3 is 1. The van der Waals surface area contributed by atoms with Crippen molar-refractivity contribution in [2.75, 3.05) is 7.11 Å². The van der Waals surface area contributed by atoms with Gasteiger partial charge in [-0.3, -0.25) is 0 Å². The van der Waals surface area contributed by atoms with Crippen LogP contribution < -0.4 is 4.74 Å². The lowest BCUT2D eigenvalue weighted by molar-refractivity contribution is 0.223. The highest BCUT2D eigenvalue weighted by molar-refractivity contribution is 7.19. The van der Waals surface area contributed by atoms with Crippen LogP contribution in [0.25, 0.3) is 10.1 Å². The molecule has 0 saturated heterocycles. The number of ether oxygens (including phenoxy) is 1. The molecule has 1 heterocycles. The molecule has 108 valence electrons. The second-order valence-corrected chi connectivity index (χ2v) is 5.74. The third-order valence-corrected chi connectivity index (χ3v) is 4.41. The minimum Gasteiger partial charge on any atom is -0.494 e. The molecular weight excluding hydrogens is 294 g/mol. The van der Waals surface area contributed by atoms with Gasteiger partial charge in [-0.05, 0) is 41.3 Å². The van der Waals surface area contributed by atoms with E-state index >= 15 is 0 Å². The summed E-state index contributed by atoms with van der Waals surface area (Å²) in [7, 11) is 1.38. The van der Waals surface area contributed by atoms with Gasteiger partial charge in [0.1, 0.15) is 11.9 Å². The summed E-state index contributed by atoms with van der Waals surface area (Å²) in [5.41, 5.74) is 0.431. The number of halogens is 2. The van der Waals surface area contributed by atoms with Crippen molar-refractivity contribution in [3.05, 3.63) is 64.5 Å². The smallest absolute Gasteiger partial charge is 0.165 e. The summed E-state index contributed by atoms with van der Waals surface area (Å²) in [5.74, 6) is -0.716. The fourth-order valence-corrected chi connectivity index (χ4v) is 3.28. The van der Waals surface area contributed by atoms with Crippen molar-refractivity contribution >= 4 is 21.4 Å². The molecule has 3 rings (SSSR count). The quantitative estimate of drug-likeness (QED) is 0.783. The number of rotatable bonds is 3. The van der Waals surface area contributed by atoms with Crippen LogP contribution >= 0.6 is 11.3 Å². The van der Waals surface area contributed by atoms with Crippen LogP contribution in [0, 0.1) is 11.6 Å². The molecule has 1 aromatic heterocycles. The van der Waals surface area contributed by atoms with Gasteiger partial charge in [0, 0.05) is 9.58 Å². The monoisotopic (exact) mass is 306 g/mol. The van der Waals surface area contributed by atoms with E-state index in [2.05, 4.69) is 0 Å². The largest absolute Gasteiger partial charge is 0.494 e. The predicted molar refractivity (Wildman–Crippen MR) is 78.8 cm³/mol. The van der Waals surface area contributed by atoms with Gasteiger partial charge in [-0.15, -0.1) is 11.3 Å². The first-order valence-corrected chi connectivity index (χ1v) is 7.10. The third kappa shape index (κ3) is 2.62. The molecule has 0 aliphatic carbocycles. The molecule has 5 heteroatoms. The lowest BCUT2D eigenvalue weighted by atomic mass is 10.1. The molecule has 3 aromatic rings. The Morgan fingerprint density at radius 1 is 1.10 bits per heavy atom.